The number of hydrogen-bond donors (Lipinski definition) is 0. The third-order valence-electron chi connectivity index (χ3n) is 3.85. The van der Waals surface area contributed by atoms with Crippen molar-refractivity contribution in [3.05, 3.63) is 45.5 Å². The summed E-state index contributed by atoms with van der Waals surface area (Å²) in [4.78, 5) is 23.8. The number of carbonyl (C=O) groups is 1. The van der Waals surface area contributed by atoms with Crippen LogP contribution in [0.2, 0.25) is 0 Å². The minimum atomic E-state index is -0.596. The van der Waals surface area contributed by atoms with Crippen LogP contribution in [0.4, 0.5) is 0 Å². The molecule has 0 spiro atoms. The zero-order valence-electron chi connectivity index (χ0n) is 16.1. The molecule has 1 fully saturated rings. The zero-order chi connectivity index (χ0) is 17.8. The maximum absolute atomic E-state index is 12.1. The van der Waals surface area contributed by atoms with Gasteiger partial charge >= 0.3 is 0 Å². The van der Waals surface area contributed by atoms with Crippen LogP contribution in [0, 0.1) is 61.6 Å². The van der Waals surface area contributed by atoms with Crippen molar-refractivity contribution in [1.82, 2.24) is 0 Å². The van der Waals surface area contributed by atoms with E-state index in [1.54, 1.807) is 13.8 Å². The Morgan fingerprint density at radius 3 is 2.12 bits per heavy atom. The van der Waals surface area contributed by atoms with Gasteiger partial charge in [0, 0.05) is 41.9 Å². The summed E-state index contributed by atoms with van der Waals surface area (Å²) in [7, 11) is 0. The molecular weight excluding hydrogens is 439 g/mol. The average Bonchev–Trinajstić information content (AvgIpc) is 2.61. The maximum Gasteiger partial charge on any atom is 0.228 e. The summed E-state index contributed by atoms with van der Waals surface area (Å²) in [6, 6.07) is 0. The van der Waals surface area contributed by atoms with Crippen molar-refractivity contribution in [1.29, 1.82) is 0 Å². The fourth-order valence-electron chi connectivity index (χ4n) is 2.51. The van der Waals surface area contributed by atoms with Gasteiger partial charge in [-0.3, -0.25) is 4.79 Å². The molecular formula is C21H35LaO3-. The van der Waals surface area contributed by atoms with E-state index in [1.807, 2.05) is 33.8 Å². The van der Waals surface area contributed by atoms with E-state index >= 15 is 0 Å². The second kappa shape index (κ2) is 17.0. The van der Waals surface area contributed by atoms with Gasteiger partial charge in [0.25, 0.3) is 0 Å². The summed E-state index contributed by atoms with van der Waals surface area (Å²) in [5.74, 6) is 0.218. The van der Waals surface area contributed by atoms with Gasteiger partial charge in [0.1, 0.15) is 0 Å². The first-order valence-electron chi connectivity index (χ1n) is 8.84. The first-order chi connectivity index (χ1) is 11.1. The Morgan fingerprint density at radius 2 is 1.60 bits per heavy atom. The molecule has 0 N–H and O–H groups in total. The van der Waals surface area contributed by atoms with E-state index in [4.69, 9.17) is 4.42 Å². The van der Waals surface area contributed by atoms with Crippen LogP contribution in [0.1, 0.15) is 88.7 Å². The molecule has 1 aliphatic rings. The van der Waals surface area contributed by atoms with Gasteiger partial charge in [-0.05, 0) is 30.4 Å². The van der Waals surface area contributed by atoms with Crippen molar-refractivity contribution in [2.75, 3.05) is 0 Å². The first kappa shape index (κ1) is 29.3. The van der Waals surface area contributed by atoms with Crippen LogP contribution in [-0.2, 0) is 0 Å². The van der Waals surface area contributed by atoms with Crippen LogP contribution in [-0.4, -0.2) is 5.78 Å². The van der Waals surface area contributed by atoms with Crippen LogP contribution < -0.4 is 5.63 Å². The molecule has 141 valence electrons. The topological polar surface area (TPSA) is 47.3 Å². The van der Waals surface area contributed by atoms with E-state index < -0.39 is 5.63 Å². The second-order valence-corrected chi connectivity index (χ2v) is 5.24. The number of rotatable bonds is 3. The number of aryl methyl sites for hydroxylation is 1. The SMILES string of the molecule is C.CC.CC.Cc1[c-]oc(=O)c(C(=O)/C=C/C2CCCCC2)c1C.[La]. The van der Waals surface area contributed by atoms with Gasteiger partial charge in [-0.2, -0.15) is 0 Å². The van der Waals surface area contributed by atoms with Gasteiger partial charge < -0.3 is 9.21 Å². The molecule has 0 atom stereocenters. The molecule has 0 unspecified atom stereocenters. The van der Waals surface area contributed by atoms with Crippen molar-refractivity contribution < 1.29 is 44.8 Å². The molecule has 1 heterocycles. The molecule has 3 nitrogen and oxygen atoms in total. The Bertz CT molecular complexity index is 553. The maximum atomic E-state index is 12.1. The Labute approximate surface area is 182 Å². The van der Waals surface area contributed by atoms with Gasteiger partial charge in [-0.25, -0.2) is 0 Å². The number of hydrogen-bond acceptors (Lipinski definition) is 3. The summed E-state index contributed by atoms with van der Waals surface area (Å²) in [5.41, 5.74) is 0.910. The second-order valence-electron chi connectivity index (χ2n) is 5.24. The predicted molar refractivity (Wildman–Crippen MR) is 103 cm³/mol. The summed E-state index contributed by atoms with van der Waals surface area (Å²) < 4.78 is 4.75. The van der Waals surface area contributed by atoms with Crippen molar-refractivity contribution in [2.45, 2.75) is 81.1 Å². The van der Waals surface area contributed by atoms with E-state index in [0.29, 0.717) is 17.0 Å². The Kier molecular flexibility index (Phi) is 19.9. The Hall–Kier alpha value is -0.445. The smallest absolute Gasteiger partial charge is 0.228 e. The van der Waals surface area contributed by atoms with Gasteiger partial charge in [-0.1, -0.05) is 74.3 Å². The first-order valence-corrected chi connectivity index (χ1v) is 8.84. The Balaban J connectivity index is -0.000000752. The van der Waals surface area contributed by atoms with Gasteiger partial charge in [-0.15, -0.1) is 11.1 Å². The van der Waals surface area contributed by atoms with Crippen molar-refractivity contribution in [2.24, 2.45) is 5.92 Å². The van der Waals surface area contributed by atoms with Gasteiger partial charge in [0.05, 0.1) is 0 Å². The van der Waals surface area contributed by atoms with E-state index in [9.17, 15) is 9.59 Å². The standard InChI is InChI=1S/C16H19O3.2C2H6.CH4.La/c1-11-10-19-16(18)15(12(11)2)14(17)9-8-13-6-4-3-5-7-13;2*1-2;;/h8-9,13H,3-7H2,1-2H3;2*1-2H3;1H4;/q-1;;;;/b9-8+;;;;. The normalized spacial score (nSPS) is 13.4. The van der Waals surface area contributed by atoms with Crippen LogP contribution >= 0.6 is 0 Å². The van der Waals surface area contributed by atoms with Crippen LogP contribution in [0.15, 0.2) is 21.4 Å². The molecule has 1 aromatic rings. The molecule has 2 rings (SSSR count). The summed E-state index contributed by atoms with van der Waals surface area (Å²) >= 11 is 0. The third kappa shape index (κ3) is 9.72. The number of carbonyl (C=O) groups excluding carboxylic acids is 1. The third-order valence-corrected chi connectivity index (χ3v) is 3.85. The molecule has 1 aliphatic carbocycles. The van der Waals surface area contributed by atoms with Gasteiger partial charge in [0.15, 0.2) is 5.78 Å². The van der Waals surface area contributed by atoms with Crippen LogP contribution in [0.5, 0.6) is 0 Å². The molecule has 0 aliphatic heterocycles. The molecule has 0 saturated heterocycles. The van der Waals surface area contributed by atoms with Crippen molar-refractivity contribution in [3.8, 4) is 0 Å². The Morgan fingerprint density at radius 1 is 1.08 bits per heavy atom. The number of allylic oxidation sites excluding steroid dienone is 2. The van der Waals surface area contributed by atoms with E-state index in [-0.39, 0.29) is 54.4 Å². The zero-order valence-corrected chi connectivity index (χ0v) is 19.7. The molecule has 1 saturated carbocycles. The number of ketones is 1. The molecule has 25 heavy (non-hydrogen) atoms. The fourth-order valence-corrected chi connectivity index (χ4v) is 2.51. The minimum Gasteiger partial charge on any atom is -0.552 e. The summed E-state index contributed by atoms with van der Waals surface area (Å²) in [5, 5.41) is 0. The molecule has 0 amide bonds. The van der Waals surface area contributed by atoms with Crippen molar-refractivity contribution >= 4 is 5.78 Å². The van der Waals surface area contributed by atoms with E-state index in [0.717, 1.165) is 12.8 Å². The average molecular weight is 474 g/mol. The van der Waals surface area contributed by atoms with Crippen LogP contribution in [0.25, 0.3) is 0 Å². The molecule has 1 radical (unpaired) electrons. The van der Waals surface area contributed by atoms with Gasteiger partial charge in [0.2, 0.25) is 5.63 Å². The summed E-state index contributed by atoms with van der Waals surface area (Å²) in [6.07, 6.45) is 12.0. The largest absolute Gasteiger partial charge is 0.552 e. The molecule has 1 aromatic heterocycles. The molecule has 0 bridgehead atoms. The quantitative estimate of drug-likeness (QED) is 0.304. The predicted octanol–water partition coefficient (Wildman–Crippen LogP) is 6.06. The fraction of sp³-hybridized carbons (Fsp3) is 0.619. The molecule has 4 heteroatoms. The van der Waals surface area contributed by atoms with E-state index in [1.165, 1.54) is 25.3 Å². The van der Waals surface area contributed by atoms with Crippen LogP contribution in [0.3, 0.4) is 0 Å². The minimum absolute atomic E-state index is 0. The monoisotopic (exact) mass is 474 g/mol. The van der Waals surface area contributed by atoms with E-state index in [2.05, 4.69) is 6.26 Å². The van der Waals surface area contributed by atoms with Crippen molar-refractivity contribution in [3.63, 3.8) is 0 Å². The molecule has 0 aromatic carbocycles. The summed E-state index contributed by atoms with van der Waals surface area (Å²) in [6.45, 7) is 11.5.